The van der Waals surface area contributed by atoms with E-state index in [0.29, 0.717) is 18.7 Å². The van der Waals surface area contributed by atoms with Crippen molar-refractivity contribution in [2.75, 3.05) is 13.3 Å². The Bertz CT molecular complexity index is 673. The van der Waals surface area contributed by atoms with Gasteiger partial charge in [0.25, 0.3) is 0 Å². The minimum Gasteiger partial charge on any atom is -0.334 e. The Morgan fingerprint density at radius 3 is 2.43 bits per heavy atom. The van der Waals surface area contributed by atoms with E-state index >= 15 is 0 Å². The molecular weight excluding hydrogens is 311 g/mol. The summed E-state index contributed by atoms with van der Waals surface area (Å²) in [6.07, 6.45) is 2.03. The summed E-state index contributed by atoms with van der Waals surface area (Å²) < 4.78 is 13.2. The van der Waals surface area contributed by atoms with Crippen molar-refractivity contribution in [3.8, 4) is 0 Å². The van der Waals surface area contributed by atoms with Crippen LogP contribution in [0.5, 0.6) is 0 Å². The predicted octanol–water partition coefficient (Wildman–Crippen LogP) is 4.20. The molecule has 3 nitrogen and oxygen atoms in total. The molecule has 1 N–H and O–H groups in total. The lowest BCUT2D eigenvalue weighted by Gasteiger charge is -2.18. The van der Waals surface area contributed by atoms with Gasteiger partial charge in [0, 0.05) is 25.0 Å². The van der Waals surface area contributed by atoms with Gasteiger partial charge in [0.15, 0.2) is 0 Å². The number of carbonyl (C=O) groups excluding carboxylic acids is 1. The molecule has 0 heterocycles. The highest BCUT2D eigenvalue weighted by Crippen LogP contribution is 2.15. The molecule has 2 aromatic rings. The quantitative estimate of drug-likeness (QED) is 0.832. The third kappa shape index (κ3) is 4.99. The number of rotatable bonds is 5. The van der Waals surface area contributed by atoms with Crippen molar-refractivity contribution in [2.45, 2.75) is 24.9 Å². The second-order valence-electron chi connectivity index (χ2n) is 5.45. The molecule has 0 aromatic heterocycles. The number of carbonyl (C=O) groups is 1. The van der Waals surface area contributed by atoms with Crippen LogP contribution in [0, 0.1) is 12.7 Å². The smallest absolute Gasteiger partial charge is 0.317 e. The van der Waals surface area contributed by atoms with Crippen molar-refractivity contribution < 1.29 is 9.18 Å². The Labute approximate surface area is 140 Å². The van der Waals surface area contributed by atoms with E-state index in [-0.39, 0.29) is 11.8 Å². The molecule has 2 aromatic carbocycles. The zero-order chi connectivity index (χ0) is 16.8. The summed E-state index contributed by atoms with van der Waals surface area (Å²) >= 11 is 1.69. The molecule has 5 heteroatoms. The summed E-state index contributed by atoms with van der Waals surface area (Å²) in [6, 6.07) is 12.9. The molecule has 122 valence electrons. The molecule has 2 rings (SSSR count). The average Bonchev–Trinajstić information content (AvgIpc) is 2.56. The normalized spacial score (nSPS) is 10.4. The molecule has 0 radical (unpaired) electrons. The minimum atomic E-state index is -0.231. The maximum Gasteiger partial charge on any atom is 0.317 e. The monoisotopic (exact) mass is 332 g/mol. The molecule has 0 saturated carbocycles. The third-order valence-electron chi connectivity index (χ3n) is 3.59. The Morgan fingerprint density at radius 2 is 1.83 bits per heavy atom. The van der Waals surface area contributed by atoms with E-state index in [2.05, 4.69) is 5.32 Å². The molecule has 2 amide bonds. The number of halogens is 1. The Balaban J connectivity index is 1.87. The van der Waals surface area contributed by atoms with Gasteiger partial charge in [-0.25, -0.2) is 9.18 Å². The second kappa shape index (κ2) is 8.02. The number of urea groups is 1. The van der Waals surface area contributed by atoms with Crippen LogP contribution in [0.4, 0.5) is 9.18 Å². The zero-order valence-corrected chi connectivity index (χ0v) is 14.4. The number of hydrogen-bond acceptors (Lipinski definition) is 2. The fourth-order valence-corrected chi connectivity index (χ4v) is 2.61. The maximum absolute atomic E-state index is 13.2. The highest BCUT2D eigenvalue weighted by atomic mass is 32.2. The molecule has 0 aliphatic carbocycles. The van der Waals surface area contributed by atoms with Gasteiger partial charge in [-0.15, -0.1) is 11.8 Å². The van der Waals surface area contributed by atoms with Crippen LogP contribution in [-0.4, -0.2) is 24.2 Å². The summed E-state index contributed by atoms with van der Waals surface area (Å²) in [4.78, 5) is 15.0. The minimum absolute atomic E-state index is 0.152. The molecule has 0 atom stereocenters. The fraction of sp³-hybridized carbons (Fsp3) is 0.278. The van der Waals surface area contributed by atoms with Crippen molar-refractivity contribution in [3.63, 3.8) is 0 Å². The number of benzene rings is 2. The van der Waals surface area contributed by atoms with Crippen LogP contribution < -0.4 is 5.32 Å². The first kappa shape index (κ1) is 17.3. The topological polar surface area (TPSA) is 32.3 Å². The maximum atomic E-state index is 13.2. The molecule has 0 bridgehead atoms. The second-order valence-corrected chi connectivity index (χ2v) is 6.33. The van der Waals surface area contributed by atoms with E-state index in [4.69, 9.17) is 0 Å². The third-order valence-corrected chi connectivity index (χ3v) is 4.34. The van der Waals surface area contributed by atoms with Gasteiger partial charge in [0.2, 0.25) is 0 Å². The Kier molecular flexibility index (Phi) is 6.04. The van der Waals surface area contributed by atoms with Crippen LogP contribution in [0.1, 0.15) is 16.7 Å². The van der Waals surface area contributed by atoms with Crippen LogP contribution >= 0.6 is 11.8 Å². The summed E-state index contributed by atoms with van der Waals surface area (Å²) in [5, 5.41) is 2.85. The summed E-state index contributed by atoms with van der Waals surface area (Å²) in [7, 11) is 1.76. The first-order chi connectivity index (χ1) is 11.0. The van der Waals surface area contributed by atoms with Crippen LogP contribution in [0.25, 0.3) is 0 Å². The van der Waals surface area contributed by atoms with Crippen molar-refractivity contribution in [2.24, 2.45) is 0 Å². The fourth-order valence-electron chi connectivity index (χ4n) is 2.21. The number of hydrogen-bond donors (Lipinski definition) is 1. The van der Waals surface area contributed by atoms with Gasteiger partial charge < -0.3 is 10.2 Å². The van der Waals surface area contributed by atoms with Crippen LogP contribution in [0.2, 0.25) is 0 Å². The number of thioether (sulfide) groups is 1. The van der Waals surface area contributed by atoms with Gasteiger partial charge in [0.05, 0.1) is 0 Å². The van der Waals surface area contributed by atoms with Crippen LogP contribution in [0.15, 0.2) is 47.4 Å². The zero-order valence-electron chi connectivity index (χ0n) is 13.6. The van der Waals surface area contributed by atoms with Gasteiger partial charge >= 0.3 is 6.03 Å². The van der Waals surface area contributed by atoms with Crippen LogP contribution in [-0.2, 0) is 13.1 Å². The molecule has 0 unspecified atom stereocenters. The van der Waals surface area contributed by atoms with Gasteiger partial charge in [-0.3, -0.25) is 0 Å². The lowest BCUT2D eigenvalue weighted by Crippen LogP contribution is -2.36. The molecule has 0 aliphatic rings. The predicted molar refractivity (Wildman–Crippen MR) is 93.1 cm³/mol. The van der Waals surface area contributed by atoms with E-state index in [0.717, 1.165) is 11.1 Å². The lowest BCUT2D eigenvalue weighted by atomic mass is 10.1. The van der Waals surface area contributed by atoms with Gasteiger partial charge in [-0.2, -0.15) is 0 Å². The van der Waals surface area contributed by atoms with Gasteiger partial charge in [-0.1, -0.05) is 24.3 Å². The summed E-state index contributed by atoms with van der Waals surface area (Å²) in [5.41, 5.74) is 2.55. The Hall–Kier alpha value is -2.01. The Morgan fingerprint density at radius 1 is 1.17 bits per heavy atom. The summed E-state index contributed by atoms with van der Waals surface area (Å²) in [5.74, 6) is -0.231. The highest BCUT2D eigenvalue weighted by molar-refractivity contribution is 7.98. The SMILES string of the molecule is CSc1ccc(CN(C)C(=O)NCc2ccc(F)c(C)c2)cc1. The van der Waals surface area contributed by atoms with Crippen LogP contribution in [0.3, 0.4) is 0 Å². The van der Waals surface area contributed by atoms with E-state index < -0.39 is 0 Å². The van der Waals surface area contributed by atoms with Crippen molar-refractivity contribution in [3.05, 3.63) is 65.0 Å². The standard InChI is InChI=1S/C18H21FN2OS/c1-13-10-15(6-9-17(13)19)11-20-18(22)21(2)12-14-4-7-16(23-3)8-5-14/h4-10H,11-12H2,1-3H3,(H,20,22). The highest BCUT2D eigenvalue weighted by Gasteiger charge is 2.09. The number of amides is 2. The molecular formula is C18H21FN2OS. The van der Waals surface area contributed by atoms with Crippen molar-refractivity contribution >= 4 is 17.8 Å². The van der Waals surface area contributed by atoms with E-state index in [1.165, 1.54) is 11.0 Å². The molecule has 0 fully saturated rings. The number of nitrogens with zero attached hydrogens (tertiary/aromatic N) is 1. The van der Waals surface area contributed by atoms with Crippen molar-refractivity contribution in [1.82, 2.24) is 10.2 Å². The molecule has 0 aliphatic heterocycles. The summed E-state index contributed by atoms with van der Waals surface area (Å²) in [6.45, 7) is 2.64. The lowest BCUT2D eigenvalue weighted by molar-refractivity contribution is 0.206. The molecule has 23 heavy (non-hydrogen) atoms. The first-order valence-electron chi connectivity index (χ1n) is 7.36. The largest absolute Gasteiger partial charge is 0.334 e. The van der Waals surface area contributed by atoms with E-state index in [1.807, 2.05) is 30.5 Å². The van der Waals surface area contributed by atoms with E-state index in [1.54, 1.807) is 42.8 Å². The van der Waals surface area contributed by atoms with E-state index in [9.17, 15) is 9.18 Å². The number of aryl methyl sites for hydroxylation is 1. The molecule has 0 saturated heterocycles. The number of nitrogens with one attached hydrogen (secondary N) is 1. The van der Waals surface area contributed by atoms with Gasteiger partial charge in [-0.05, 0) is 48.1 Å². The van der Waals surface area contributed by atoms with Crippen molar-refractivity contribution in [1.29, 1.82) is 0 Å². The first-order valence-corrected chi connectivity index (χ1v) is 8.59. The van der Waals surface area contributed by atoms with Gasteiger partial charge in [0.1, 0.15) is 5.82 Å². The molecule has 0 spiro atoms. The average molecular weight is 332 g/mol.